The third-order valence-corrected chi connectivity index (χ3v) is 8.84. The molecule has 4 aromatic rings. The summed E-state index contributed by atoms with van der Waals surface area (Å²) in [6.45, 7) is 3.71. The molecule has 0 bridgehead atoms. The lowest BCUT2D eigenvalue weighted by Crippen LogP contribution is -2.47. The minimum Gasteiger partial charge on any atom is -0.330 e. The van der Waals surface area contributed by atoms with Gasteiger partial charge in [0.1, 0.15) is 0 Å². The quantitative estimate of drug-likeness (QED) is 0.237. The van der Waals surface area contributed by atoms with Crippen molar-refractivity contribution in [1.82, 2.24) is 4.90 Å². The molecule has 190 valence electrons. The fourth-order valence-electron chi connectivity index (χ4n) is 6.06. The maximum atomic E-state index is 6.37. The SMILES string of the molecule is NCC1(c2ccc(Cl)cc2)CCN(CCC(c2ccccc2)(c2ccccc2)c2ccc(Cl)cc2)CC1. The fourth-order valence-corrected chi connectivity index (χ4v) is 6.31. The summed E-state index contributed by atoms with van der Waals surface area (Å²) in [5.41, 5.74) is 11.3. The number of halogens is 2. The zero-order chi connectivity index (χ0) is 25.7. The van der Waals surface area contributed by atoms with Crippen molar-refractivity contribution in [2.45, 2.75) is 30.1 Å². The van der Waals surface area contributed by atoms with Crippen molar-refractivity contribution in [2.75, 3.05) is 26.2 Å². The van der Waals surface area contributed by atoms with Crippen molar-refractivity contribution in [3.8, 4) is 0 Å². The Morgan fingerprint density at radius 1 is 0.649 bits per heavy atom. The van der Waals surface area contributed by atoms with Gasteiger partial charge in [-0.1, -0.05) is 108 Å². The summed E-state index contributed by atoms with van der Waals surface area (Å²) in [7, 11) is 0. The first-order valence-electron chi connectivity index (χ1n) is 13.1. The minimum atomic E-state index is -0.272. The molecule has 2 nitrogen and oxygen atoms in total. The van der Waals surface area contributed by atoms with Crippen LogP contribution >= 0.6 is 23.2 Å². The zero-order valence-electron chi connectivity index (χ0n) is 21.1. The molecule has 0 atom stereocenters. The third kappa shape index (κ3) is 5.35. The molecule has 0 saturated carbocycles. The highest BCUT2D eigenvalue weighted by Crippen LogP contribution is 2.43. The Balaban J connectivity index is 1.44. The van der Waals surface area contributed by atoms with Gasteiger partial charge in [0.2, 0.25) is 0 Å². The van der Waals surface area contributed by atoms with E-state index in [9.17, 15) is 0 Å². The Morgan fingerprint density at radius 3 is 1.59 bits per heavy atom. The number of hydrogen-bond acceptors (Lipinski definition) is 2. The Kier molecular flexibility index (Phi) is 8.02. The van der Waals surface area contributed by atoms with Crippen molar-refractivity contribution in [2.24, 2.45) is 5.73 Å². The molecule has 1 fully saturated rings. The number of piperidine rings is 1. The van der Waals surface area contributed by atoms with Crippen LogP contribution in [0.4, 0.5) is 0 Å². The second kappa shape index (κ2) is 11.4. The average Bonchev–Trinajstić information content (AvgIpc) is 2.96. The van der Waals surface area contributed by atoms with Gasteiger partial charge in [-0.2, -0.15) is 0 Å². The molecule has 37 heavy (non-hydrogen) atoms. The number of nitrogens with two attached hydrogens (primary N) is 1. The molecule has 0 aliphatic carbocycles. The van der Waals surface area contributed by atoms with Crippen LogP contribution in [0.5, 0.6) is 0 Å². The first kappa shape index (κ1) is 26.0. The van der Waals surface area contributed by atoms with Gasteiger partial charge < -0.3 is 10.6 Å². The zero-order valence-corrected chi connectivity index (χ0v) is 22.6. The Hall–Kier alpha value is -2.62. The highest BCUT2D eigenvalue weighted by atomic mass is 35.5. The van der Waals surface area contributed by atoms with Crippen LogP contribution in [0.25, 0.3) is 0 Å². The van der Waals surface area contributed by atoms with Crippen LogP contribution in [0.1, 0.15) is 41.5 Å². The highest BCUT2D eigenvalue weighted by molar-refractivity contribution is 6.30. The number of likely N-dealkylation sites (tertiary alicyclic amines) is 1. The number of rotatable bonds is 8. The van der Waals surface area contributed by atoms with Gasteiger partial charge in [-0.25, -0.2) is 0 Å². The van der Waals surface area contributed by atoms with Crippen LogP contribution in [0.3, 0.4) is 0 Å². The summed E-state index contributed by atoms with van der Waals surface area (Å²) in [5, 5.41) is 1.53. The maximum Gasteiger partial charge on any atom is 0.0463 e. The van der Waals surface area contributed by atoms with Gasteiger partial charge >= 0.3 is 0 Å². The number of nitrogens with zero attached hydrogens (tertiary/aromatic N) is 1. The normalized spacial score (nSPS) is 16.0. The van der Waals surface area contributed by atoms with Gasteiger partial charge in [0.05, 0.1) is 0 Å². The first-order valence-corrected chi connectivity index (χ1v) is 13.9. The van der Waals surface area contributed by atoms with Gasteiger partial charge in [-0.05, 0) is 85.4 Å². The maximum absolute atomic E-state index is 6.37. The molecular formula is C33H34Cl2N2. The molecule has 0 spiro atoms. The van der Waals surface area contributed by atoms with Crippen molar-refractivity contribution in [1.29, 1.82) is 0 Å². The van der Waals surface area contributed by atoms with Crippen LogP contribution in [0, 0.1) is 0 Å². The van der Waals surface area contributed by atoms with E-state index in [1.165, 1.54) is 22.3 Å². The topological polar surface area (TPSA) is 29.3 Å². The second-order valence-corrected chi connectivity index (χ2v) is 11.1. The predicted octanol–water partition coefficient (Wildman–Crippen LogP) is 7.71. The summed E-state index contributed by atoms with van der Waals surface area (Å²) >= 11 is 12.5. The lowest BCUT2D eigenvalue weighted by molar-refractivity contribution is 0.155. The van der Waals surface area contributed by atoms with E-state index in [4.69, 9.17) is 28.9 Å². The van der Waals surface area contributed by atoms with Crippen molar-refractivity contribution in [3.05, 3.63) is 141 Å². The minimum absolute atomic E-state index is 0.0210. The van der Waals surface area contributed by atoms with Crippen molar-refractivity contribution >= 4 is 23.2 Å². The molecule has 0 amide bonds. The Morgan fingerprint density at radius 2 is 1.11 bits per heavy atom. The molecule has 1 aliphatic heterocycles. The van der Waals surface area contributed by atoms with Crippen molar-refractivity contribution in [3.63, 3.8) is 0 Å². The first-order chi connectivity index (χ1) is 18.1. The molecular weight excluding hydrogens is 495 g/mol. The summed E-state index contributed by atoms with van der Waals surface area (Å²) in [6, 6.07) is 38.5. The lowest BCUT2D eigenvalue weighted by Gasteiger charge is -2.43. The highest BCUT2D eigenvalue weighted by Gasteiger charge is 2.39. The van der Waals surface area contributed by atoms with Crippen LogP contribution in [0.2, 0.25) is 10.0 Å². The van der Waals surface area contributed by atoms with E-state index in [-0.39, 0.29) is 10.8 Å². The fraction of sp³-hybridized carbons (Fsp3) is 0.273. The molecule has 0 unspecified atom stereocenters. The molecule has 0 aromatic heterocycles. The smallest absolute Gasteiger partial charge is 0.0463 e. The Bertz CT molecular complexity index is 1220. The van der Waals surface area contributed by atoms with Crippen LogP contribution in [-0.4, -0.2) is 31.1 Å². The van der Waals surface area contributed by atoms with Gasteiger partial charge in [0, 0.05) is 27.4 Å². The van der Waals surface area contributed by atoms with Gasteiger partial charge in [-0.15, -0.1) is 0 Å². The van der Waals surface area contributed by atoms with E-state index >= 15 is 0 Å². The Labute approximate surface area is 231 Å². The molecule has 2 N–H and O–H groups in total. The lowest BCUT2D eigenvalue weighted by atomic mass is 9.67. The molecule has 5 rings (SSSR count). The molecule has 1 heterocycles. The molecule has 4 heteroatoms. The van der Waals surface area contributed by atoms with Gasteiger partial charge in [-0.3, -0.25) is 0 Å². The standard InChI is InChI=1S/C33H34Cl2N2/c34-30-15-11-26(12-16-30)32(25-36)19-22-37(23-20-32)24-21-33(27-7-3-1-4-8-27,28-9-5-2-6-10-28)29-13-17-31(35)18-14-29/h1-18H,19-25,36H2. The summed E-state index contributed by atoms with van der Waals surface area (Å²) in [5.74, 6) is 0. The van der Waals surface area contributed by atoms with Crippen LogP contribution in [0.15, 0.2) is 109 Å². The van der Waals surface area contributed by atoms with E-state index in [2.05, 4.69) is 89.8 Å². The number of benzene rings is 4. The molecule has 1 aliphatic rings. The second-order valence-electron chi connectivity index (χ2n) is 10.2. The van der Waals surface area contributed by atoms with E-state index < -0.39 is 0 Å². The van der Waals surface area contributed by atoms with E-state index in [1.54, 1.807) is 0 Å². The third-order valence-electron chi connectivity index (χ3n) is 8.33. The largest absolute Gasteiger partial charge is 0.330 e. The summed E-state index contributed by atoms with van der Waals surface area (Å²) in [4.78, 5) is 2.61. The molecule has 1 saturated heterocycles. The van der Waals surface area contributed by atoms with Crippen LogP contribution in [-0.2, 0) is 10.8 Å². The summed E-state index contributed by atoms with van der Waals surface area (Å²) in [6.07, 6.45) is 3.07. The van der Waals surface area contributed by atoms with Crippen molar-refractivity contribution < 1.29 is 0 Å². The molecule has 4 aromatic carbocycles. The van der Waals surface area contributed by atoms with E-state index in [0.29, 0.717) is 6.54 Å². The average molecular weight is 530 g/mol. The van der Waals surface area contributed by atoms with E-state index in [1.807, 2.05) is 24.3 Å². The molecule has 0 radical (unpaired) electrons. The summed E-state index contributed by atoms with van der Waals surface area (Å²) < 4.78 is 0. The van der Waals surface area contributed by atoms with Crippen LogP contribution < -0.4 is 5.73 Å². The predicted molar refractivity (Wildman–Crippen MR) is 157 cm³/mol. The monoisotopic (exact) mass is 528 g/mol. The van der Waals surface area contributed by atoms with Gasteiger partial charge in [0.25, 0.3) is 0 Å². The number of hydrogen-bond donors (Lipinski definition) is 1. The van der Waals surface area contributed by atoms with E-state index in [0.717, 1.165) is 48.9 Å². The van der Waals surface area contributed by atoms with Gasteiger partial charge in [0.15, 0.2) is 0 Å².